The number of aliphatic carboxylic acids is 6. The van der Waals surface area contributed by atoms with Crippen LogP contribution in [0.5, 0.6) is 5.75 Å². The number of carbonyl (C=O) groups is 14. The number of unbranched alkanes of at least 4 members (excludes halogenated alkanes) is 2. The van der Waals surface area contributed by atoms with E-state index in [1.165, 1.54) is 36.0 Å². The summed E-state index contributed by atoms with van der Waals surface area (Å²) in [6, 6.07) is -11.7. The lowest BCUT2D eigenvalue weighted by Crippen LogP contribution is -2.61. The zero-order valence-electron chi connectivity index (χ0n) is 42.8. The summed E-state index contributed by atoms with van der Waals surface area (Å²) >= 11 is 1.36. The molecule has 79 heavy (non-hydrogen) atoms. The zero-order valence-corrected chi connectivity index (χ0v) is 43.6. The van der Waals surface area contributed by atoms with Crippen LogP contribution >= 0.6 is 11.8 Å². The number of benzene rings is 1. The number of nitrogens with one attached hydrogen (secondary N) is 8. The Labute approximate surface area is 454 Å². The van der Waals surface area contributed by atoms with Crippen LogP contribution in [-0.2, 0) is 73.5 Å². The standard InChI is InChI=1S/C46H69N11O21S/c1-79-15-12-24(49)38(69)52-28(17-33(59)60)42(73)53-27(16-22-8-10-23(58)11-9-22)40(71)50-25(6-2-4-13-47)39(70)54-30(19-35(63)64)43(74)56-32(21-37(67)68)45(76)57-31(20-36(65)66)44(75)55-29(18-34(61)62)41(72)51-26(46(77)78)7-3-5-14-48/h8-11,24-32,58H,2-7,12-21,47-49H2,1H3,(H,50,71)(H,51,72)(H,52,69)(H,53,73)(H,54,70)(H,55,75)(H,56,74)(H,57,76)(H,59,60)(H,61,62)(H,63,64)(H,65,66)(H,67,68)(H,77,78)/t24-,25-,26-,27-,28-,29-,30-,31-,32-/m0/s1. The van der Waals surface area contributed by atoms with Gasteiger partial charge in [0.15, 0.2) is 0 Å². The predicted molar refractivity (Wildman–Crippen MR) is 273 cm³/mol. The van der Waals surface area contributed by atoms with Crippen LogP contribution in [0.4, 0.5) is 0 Å². The summed E-state index contributed by atoms with van der Waals surface area (Å²) in [6.07, 6.45) is -4.26. The Kier molecular flexibility index (Phi) is 31.4. The van der Waals surface area contributed by atoms with Gasteiger partial charge in [-0.25, -0.2) is 4.79 Å². The highest BCUT2D eigenvalue weighted by atomic mass is 32.2. The molecule has 0 aliphatic heterocycles. The van der Waals surface area contributed by atoms with Crippen LogP contribution in [0.25, 0.3) is 0 Å². The van der Waals surface area contributed by atoms with Gasteiger partial charge in [-0.15, -0.1) is 0 Å². The number of aromatic hydroxyl groups is 1. The second kappa shape index (κ2) is 36.0. The number of hydrogen-bond acceptors (Lipinski definition) is 19. The number of carboxylic acid groups (broad SMARTS) is 6. The number of phenols is 1. The first-order valence-corrected chi connectivity index (χ1v) is 25.7. The minimum atomic E-state index is -2.31. The van der Waals surface area contributed by atoms with E-state index in [0.717, 1.165) is 0 Å². The quantitative estimate of drug-likeness (QED) is 0.0273. The van der Waals surface area contributed by atoms with Gasteiger partial charge in [-0.3, -0.25) is 62.3 Å². The smallest absolute Gasteiger partial charge is 0.326 e. The molecule has 440 valence electrons. The maximum atomic E-state index is 14.1. The molecule has 1 rings (SSSR count). The van der Waals surface area contributed by atoms with Crippen molar-refractivity contribution < 1.29 is 103 Å². The average Bonchev–Trinajstić information content (AvgIpc) is 3.35. The lowest BCUT2D eigenvalue weighted by molar-refractivity contribution is -0.145. The molecule has 0 saturated carbocycles. The summed E-state index contributed by atoms with van der Waals surface area (Å²) in [7, 11) is 0. The molecule has 1 aromatic carbocycles. The SMILES string of the molecule is CSCC[C@H](N)C(=O)N[C@@H](CC(=O)O)C(=O)N[C@@H](Cc1ccc(O)cc1)C(=O)N[C@@H](CCCCN)C(=O)N[C@@H](CC(=O)O)C(=O)N[C@@H](CC(=O)O)C(=O)N[C@@H](CC(=O)O)C(=O)N[C@@H](CC(=O)O)C(=O)N[C@@H](CCCCN)C(=O)O. The van der Waals surface area contributed by atoms with Crippen molar-refractivity contribution in [3.8, 4) is 5.75 Å². The van der Waals surface area contributed by atoms with E-state index >= 15 is 0 Å². The largest absolute Gasteiger partial charge is 0.508 e. The molecule has 21 N–H and O–H groups in total. The van der Waals surface area contributed by atoms with Gasteiger partial charge < -0.3 is 95.5 Å². The molecule has 0 radical (unpaired) electrons. The molecule has 0 saturated heterocycles. The van der Waals surface area contributed by atoms with E-state index in [0.29, 0.717) is 17.7 Å². The Morgan fingerprint density at radius 3 is 1.04 bits per heavy atom. The molecule has 0 spiro atoms. The molecule has 0 aliphatic carbocycles. The second-order valence-electron chi connectivity index (χ2n) is 17.6. The van der Waals surface area contributed by atoms with Gasteiger partial charge in [0.25, 0.3) is 0 Å². The van der Waals surface area contributed by atoms with Crippen molar-refractivity contribution in [2.75, 3.05) is 25.1 Å². The van der Waals surface area contributed by atoms with Gasteiger partial charge in [-0.1, -0.05) is 12.1 Å². The average molecular weight is 1140 g/mol. The van der Waals surface area contributed by atoms with Gasteiger partial charge >= 0.3 is 35.8 Å². The van der Waals surface area contributed by atoms with Crippen molar-refractivity contribution in [3.05, 3.63) is 29.8 Å². The highest BCUT2D eigenvalue weighted by Gasteiger charge is 2.37. The summed E-state index contributed by atoms with van der Waals surface area (Å²) in [6.45, 7) is 0.231. The molecule has 8 amide bonds. The van der Waals surface area contributed by atoms with Crippen LogP contribution in [0.2, 0.25) is 0 Å². The summed E-state index contributed by atoms with van der Waals surface area (Å²) < 4.78 is 0. The molecule has 1 aromatic rings. The van der Waals surface area contributed by atoms with Crippen LogP contribution in [0.1, 0.15) is 82.6 Å². The predicted octanol–water partition coefficient (Wildman–Crippen LogP) is -5.39. The van der Waals surface area contributed by atoms with Gasteiger partial charge in [0.2, 0.25) is 47.3 Å². The molecule has 0 aliphatic rings. The number of nitrogens with two attached hydrogens (primary N) is 3. The van der Waals surface area contributed by atoms with Crippen molar-refractivity contribution in [1.29, 1.82) is 0 Å². The Morgan fingerprint density at radius 1 is 0.418 bits per heavy atom. The van der Waals surface area contributed by atoms with Gasteiger partial charge in [-0.2, -0.15) is 11.8 Å². The molecule has 32 nitrogen and oxygen atoms in total. The molecule has 0 fully saturated rings. The number of amides is 8. The highest BCUT2D eigenvalue weighted by Crippen LogP contribution is 2.14. The van der Waals surface area contributed by atoms with E-state index in [2.05, 4.69) is 26.6 Å². The van der Waals surface area contributed by atoms with Crippen LogP contribution in [-0.4, -0.2) is 198 Å². The van der Waals surface area contributed by atoms with E-state index in [-0.39, 0.29) is 57.4 Å². The Bertz CT molecular complexity index is 2330. The number of phenolic OH excluding ortho intramolecular Hbond substituents is 1. The molecule has 0 unspecified atom stereocenters. The third-order valence-corrected chi connectivity index (χ3v) is 11.8. The maximum Gasteiger partial charge on any atom is 0.326 e. The normalized spacial score (nSPS) is 14.3. The first-order valence-electron chi connectivity index (χ1n) is 24.3. The van der Waals surface area contributed by atoms with Gasteiger partial charge in [0.1, 0.15) is 54.1 Å². The van der Waals surface area contributed by atoms with Gasteiger partial charge in [0.05, 0.1) is 38.1 Å². The molecule has 9 atom stereocenters. The number of carbonyl (C=O) groups excluding carboxylic acids is 8. The third-order valence-electron chi connectivity index (χ3n) is 11.2. The Morgan fingerprint density at radius 2 is 0.709 bits per heavy atom. The van der Waals surface area contributed by atoms with E-state index in [9.17, 15) is 103 Å². The first kappa shape index (κ1) is 68.8. The highest BCUT2D eigenvalue weighted by molar-refractivity contribution is 7.98. The van der Waals surface area contributed by atoms with E-state index in [1.807, 2.05) is 16.0 Å². The fraction of sp³-hybridized carbons (Fsp3) is 0.565. The molecule has 0 aromatic heterocycles. The fourth-order valence-corrected chi connectivity index (χ4v) is 7.56. The maximum absolute atomic E-state index is 14.1. The number of thioether (sulfide) groups is 1. The van der Waals surface area contributed by atoms with Gasteiger partial charge in [-0.05, 0) is 87.7 Å². The van der Waals surface area contributed by atoms with Crippen molar-refractivity contribution >= 4 is 94.8 Å². The second-order valence-corrected chi connectivity index (χ2v) is 18.6. The fourth-order valence-electron chi connectivity index (χ4n) is 7.07. The third kappa shape index (κ3) is 27.6. The number of hydrogen-bond donors (Lipinski definition) is 18. The monoisotopic (exact) mass is 1140 g/mol. The topological polar surface area (TPSA) is 555 Å². The summed E-state index contributed by atoms with van der Waals surface area (Å²) in [5, 5.41) is 84.3. The molecule has 33 heteroatoms. The van der Waals surface area contributed by atoms with Crippen molar-refractivity contribution in [1.82, 2.24) is 42.5 Å². The van der Waals surface area contributed by atoms with E-state index < -0.39 is 176 Å². The van der Waals surface area contributed by atoms with Crippen molar-refractivity contribution in [2.24, 2.45) is 17.2 Å². The summed E-state index contributed by atoms with van der Waals surface area (Å²) in [5.41, 5.74) is 17.3. The molecular formula is C46H69N11O21S. The minimum Gasteiger partial charge on any atom is -0.508 e. The zero-order chi connectivity index (χ0) is 59.9. The van der Waals surface area contributed by atoms with Crippen LogP contribution in [0.15, 0.2) is 24.3 Å². The molecular weight excluding hydrogens is 1070 g/mol. The van der Waals surface area contributed by atoms with E-state index in [4.69, 9.17) is 17.2 Å². The van der Waals surface area contributed by atoms with Crippen LogP contribution < -0.4 is 59.7 Å². The van der Waals surface area contributed by atoms with E-state index in [1.54, 1.807) is 6.26 Å². The lowest BCUT2D eigenvalue weighted by Gasteiger charge is -2.27. The Balaban J connectivity index is 3.60. The Hall–Kier alpha value is -8.17. The first-order chi connectivity index (χ1) is 37.1. The number of rotatable bonds is 40. The van der Waals surface area contributed by atoms with Crippen molar-refractivity contribution in [3.63, 3.8) is 0 Å². The molecule has 0 bridgehead atoms. The molecule has 0 heterocycles. The van der Waals surface area contributed by atoms with Gasteiger partial charge in [0, 0.05) is 6.42 Å². The lowest BCUT2D eigenvalue weighted by atomic mass is 10.0. The van der Waals surface area contributed by atoms with Crippen LogP contribution in [0.3, 0.4) is 0 Å². The minimum absolute atomic E-state index is 0.0624. The van der Waals surface area contributed by atoms with Crippen LogP contribution in [0, 0.1) is 0 Å². The summed E-state index contributed by atoms with van der Waals surface area (Å²) in [4.78, 5) is 180. The van der Waals surface area contributed by atoms with Crippen molar-refractivity contribution in [2.45, 2.75) is 138 Å². The summed E-state index contributed by atoms with van der Waals surface area (Å²) in [5.74, 6) is -20.5. The number of carboxylic acids is 6.